The number of nitrogens with zero attached hydrogens (tertiary/aromatic N) is 4. The highest BCUT2D eigenvalue weighted by Gasteiger charge is 2.20. The lowest BCUT2D eigenvalue weighted by molar-refractivity contribution is 0.0819. The number of hydrogen-bond acceptors (Lipinski definition) is 6. The van der Waals surface area contributed by atoms with Gasteiger partial charge in [0.25, 0.3) is 0 Å². The molecule has 3 N–H and O–H groups in total. The molecule has 0 spiro atoms. The third kappa shape index (κ3) is 6.53. The van der Waals surface area contributed by atoms with Crippen LogP contribution in [-0.4, -0.2) is 49.7 Å². The van der Waals surface area contributed by atoms with E-state index in [1.165, 1.54) is 57.0 Å². The molecule has 38 heavy (non-hydrogen) atoms. The van der Waals surface area contributed by atoms with E-state index < -0.39 is 5.82 Å². The van der Waals surface area contributed by atoms with E-state index in [1.54, 1.807) is 13.2 Å². The Morgan fingerprint density at radius 2 is 1.68 bits per heavy atom. The first-order valence-electron chi connectivity index (χ1n) is 13.6. The van der Waals surface area contributed by atoms with Crippen LogP contribution < -0.4 is 16.0 Å². The first kappa shape index (κ1) is 27.6. The topological polar surface area (TPSA) is 92.1 Å². The molecule has 5 rings (SSSR count). The van der Waals surface area contributed by atoms with Crippen molar-refractivity contribution in [2.45, 2.75) is 51.0 Å². The van der Waals surface area contributed by atoms with Crippen LogP contribution in [0.1, 0.15) is 50.5 Å². The number of nitrogens with two attached hydrogens (primary N) is 1. The van der Waals surface area contributed by atoms with Crippen LogP contribution in [0.2, 0.25) is 0 Å². The lowest BCUT2D eigenvalue weighted by Gasteiger charge is -2.33. The number of piperidine rings is 1. The van der Waals surface area contributed by atoms with Crippen LogP contribution in [0.5, 0.6) is 0 Å². The van der Waals surface area contributed by atoms with Gasteiger partial charge >= 0.3 is 0 Å². The van der Waals surface area contributed by atoms with Crippen molar-refractivity contribution in [3.05, 3.63) is 59.9 Å². The maximum absolute atomic E-state index is 14.3. The molecule has 8 heteroatoms. The minimum Gasteiger partial charge on any atom is -0.381 e. The fourth-order valence-electron chi connectivity index (χ4n) is 5.40. The summed E-state index contributed by atoms with van der Waals surface area (Å²) in [5.41, 5.74) is 8.03. The summed E-state index contributed by atoms with van der Waals surface area (Å²) in [4.78, 5) is 2.40. The summed E-state index contributed by atoms with van der Waals surface area (Å²) in [7, 11) is 3.29. The van der Waals surface area contributed by atoms with E-state index in [1.807, 2.05) is 16.8 Å². The molecule has 0 bridgehead atoms. The summed E-state index contributed by atoms with van der Waals surface area (Å²) in [5.74, 6) is 1.03. The zero-order chi connectivity index (χ0) is 26.9. The molecule has 1 aliphatic heterocycles. The van der Waals surface area contributed by atoms with E-state index in [9.17, 15) is 4.39 Å². The summed E-state index contributed by atoms with van der Waals surface area (Å²) in [5, 5.41) is 17.6. The monoisotopic (exact) mass is 518 g/mol. The van der Waals surface area contributed by atoms with Crippen molar-refractivity contribution in [1.82, 2.24) is 9.78 Å². The zero-order valence-electron chi connectivity index (χ0n) is 22.5. The average molecular weight is 519 g/mol. The molecule has 1 aromatic heterocycles. The molecule has 202 valence electrons. The number of hydrogen-bond donors (Lipinski definition) is 2. The highest BCUT2D eigenvalue weighted by Crippen LogP contribution is 2.30. The maximum atomic E-state index is 14.3. The average Bonchev–Trinajstić information content (AvgIpc) is 3.42. The molecule has 1 saturated carbocycles. The van der Waals surface area contributed by atoms with Gasteiger partial charge in [-0.2, -0.15) is 10.4 Å². The summed E-state index contributed by atoms with van der Waals surface area (Å²) < 4.78 is 21.8. The van der Waals surface area contributed by atoms with Gasteiger partial charge in [0.15, 0.2) is 0 Å². The van der Waals surface area contributed by atoms with Gasteiger partial charge in [0.2, 0.25) is 0 Å². The van der Waals surface area contributed by atoms with Gasteiger partial charge in [0.05, 0.1) is 23.0 Å². The van der Waals surface area contributed by atoms with Gasteiger partial charge in [-0.1, -0.05) is 25.3 Å². The van der Waals surface area contributed by atoms with Crippen molar-refractivity contribution in [3.63, 3.8) is 0 Å². The van der Waals surface area contributed by atoms with E-state index in [2.05, 4.69) is 40.2 Å². The second kappa shape index (κ2) is 13.4. The number of halogens is 1. The molecular weight excluding hydrogens is 479 g/mol. The van der Waals surface area contributed by atoms with E-state index in [0.717, 1.165) is 44.0 Å². The summed E-state index contributed by atoms with van der Waals surface area (Å²) in [6, 6.07) is 17.0. The van der Waals surface area contributed by atoms with E-state index in [-0.39, 0.29) is 5.56 Å². The lowest BCUT2D eigenvalue weighted by Crippen LogP contribution is -2.36. The molecule has 0 amide bonds. The molecule has 1 aliphatic carbocycles. The Balaban J connectivity index is 0.00000164. The van der Waals surface area contributed by atoms with Crippen LogP contribution in [-0.2, 0) is 4.74 Å². The van der Waals surface area contributed by atoms with Crippen LogP contribution in [0.4, 0.5) is 15.9 Å². The van der Waals surface area contributed by atoms with Crippen molar-refractivity contribution < 1.29 is 9.13 Å². The summed E-state index contributed by atoms with van der Waals surface area (Å²) in [6.45, 7) is 2.88. The molecule has 3 aromatic rings. The Labute approximate surface area is 225 Å². The highest BCUT2D eigenvalue weighted by molar-refractivity contribution is 5.66. The Morgan fingerprint density at radius 3 is 2.32 bits per heavy atom. The molecule has 2 fully saturated rings. The van der Waals surface area contributed by atoms with E-state index in [4.69, 9.17) is 15.1 Å². The van der Waals surface area contributed by atoms with Gasteiger partial charge in [0, 0.05) is 44.1 Å². The quantitative estimate of drug-likeness (QED) is 0.415. The molecule has 0 radical (unpaired) electrons. The third-order valence-electron chi connectivity index (χ3n) is 7.63. The number of nitrogens with one attached hydrogen (secondary N) is 1. The lowest BCUT2D eigenvalue weighted by atomic mass is 9.89. The molecule has 0 unspecified atom stereocenters. The Kier molecular flexibility index (Phi) is 9.74. The van der Waals surface area contributed by atoms with Gasteiger partial charge < -0.3 is 20.7 Å². The molecule has 0 atom stereocenters. The number of anilines is 2. The standard InChI is InChI=1S/C29H34FN5O.CH5N/c1-36-26-13-15-34(16-14-26)24-9-11-25(12-10-24)35-29(32-20-21-5-3-2-4-6-21)18-28(33-35)22-7-8-23(19-31)27(30)17-22;1-2/h7-12,17-18,21,26,32H,2-6,13-16,20H2,1H3;2H2,1H3. The number of methoxy groups -OCH3 is 1. The van der Waals surface area contributed by atoms with Gasteiger partial charge in [-0.15, -0.1) is 0 Å². The largest absolute Gasteiger partial charge is 0.381 e. The first-order chi connectivity index (χ1) is 18.6. The van der Waals surface area contributed by atoms with E-state index in [0.29, 0.717) is 23.3 Å². The number of nitriles is 1. The van der Waals surface area contributed by atoms with Crippen molar-refractivity contribution in [2.24, 2.45) is 11.7 Å². The van der Waals surface area contributed by atoms with Gasteiger partial charge in [-0.3, -0.25) is 0 Å². The van der Waals surface area contributed by atoms with Crippen molar-refractivity contribution in [1.29, 1.82) is 5.26 Å². The van der Waals surface area contributed by atoms with Gasteiger partial charge in [-0.25, -0.2) is 9.07 Å². The number of aromatic nitrogens is 2. The summed E-state index contributed by atoms with van der Waals surface area (Å²) >= 11 is 0. The molecule has 2 aromatic carbocycles. The summed E-state index contributed by atoms with van der Waals surface area (Å²) in [6.07, 6.45) is 8.86. The van der Waals surface area contributed by atoms with Crippen LogP contribution in [0.15, 0.2) is 48.5 Å². The van der Waals surface area contributed by atoms with Crippen molar-refractivity contribution >= 4 is 11.5 Å². The molecule has 2 heterocycles. The van der Waals surface area contributed by atoms with Crippen LogP contribution >= 0.6 is 0 Å². The molecule has 1 saturated heterocycles. The zero-order valence-corrected chi connectivity index (χ0v) is 22.5. The normalized spacial score (nSPS) is 16.4. The minimum atomic E-state index is -0.525. The molecule has 2 aliphatic rings. The Bertz CT molecular complexity index is 1200. The predicted molar refractivity (Wildman–Crippen MR) is 151 cm³/mol. The maximum Gasteiger partial charge on any atom is 0.141 e. The second-order valence-electron chi connectivity index (χ2n) is 9.96. The van der Waals surface area contributed by atoms with Crippen LogP contribution in [0, 0.1) is 23.1 Å². The third-order valence-corrected chi connectivity index (χ3v) is 7.63. The fourth-order valence-corrected chi connectivity index (χ4v) is 5.40. The second-order valence-corrected chi connectivity index (χ2v) is 9.96. The Morgan fingerprint density at radius 1 is 1.00 bits per heavy atom. The number of ether oxygens (including phenoxy) is 1. The smallest absolute Gasteiger partial charge is 0.141 e. The van der Waals surface area contributed by atoms with Crippen molar-refractivity contribution in [3.8, 4) is 23.0 Å². The van der Waals surface area contributed by atoms with Gasteiger partial charge in [-0.05, 0) is 75.0 Å². The van der Waals surface area contributed by atoms with Crippen LogP contribution in [0.25, 0.3) is 16.9 Å². The Hall–Kier alpha value is -3.41. The van der Waals surface area contributed by atoms with Crippen molar-refractivity contribution in [2.75, 3.05) is 44.0 Å². The predicted octanol–water partition coefficient (Wildman–Crippen LogP) is 5.73. The fraction of sp³-hybridized carbons (Fsp3) is 0.467. The van der Waals surface area contributed by atoms with Gasteiger partial charge in [0.1, 0.15) is 17.7 Å². The first-order valence-corrected chi connectivity index (χ1v) is 13.6. The van der Waals surface area contributed by atoms with Crippen LogP contribution in [0.3, 0.4) is 0 Å². The number of rotatable bonds is 7. The molecule has 7 nitrogen and oxygen atoms in total. The van der Waals surface area contributed by atoms with E-state index >= 15 is 0 Å². The number of benzene rings is 2. The SMILES string of the molecule is CN.COC1CCN(c2ccc(-n3nc(-c4ccc(C#N)c(F)c4)cc3NCC3CCCCC3)cc2)CC1. The minimum absolute atomic E-state index is 0.0407. The molecular formula is C30H39FN6O. The highest BCUT2D eigenvalue weighted by atomic mass is 19.1.